The molecule has 3 atom stereocenters. The van der Waals surface area contributed by atoms with Crippen LogP contribution >= 0.6 is 0 Å². The molecule has 2 aliphatic rings. The molecule has 0 amide bonds. The fourth-order valence-electron chi connectivity index (χ4n) is 3.85. The lowest BCUT2D eigenvalue weighted by atomic mass is 9.81. The minimum atomic E-state index is -2.75. The third-order valence-electron chi connectivity index (χ3n) is 5.42. The SMILES string of the molecule is COc1cnc(C(=O)Cc2ccc(C)c([C@@]3(C(F)F)N=C(N)O[C@@H]4C[C@@H]43)c2)cn1. The molecule has 2 heterocycles. The number of aryl methyl sites for hydroxylation is 1. The van der Waals surface area contributed by atoms with Crippen molar-refractivity contribution in [2.24, 2.45) is 16.6 Å². The minimum Gasteiger partial charge on any atom is -0.480 e. The molecule has 0 radical (unpaired) electrons. The van der Waals surface area contributed by atoms with Crippen LogP contribution in [0.15, 0.2) is 35.6 Å². The number of alkyl halides is 2. The van der Waals surface area contributed by atoms with Crippen LogP contribution in [0, 0.1) is 12.8 Å². The molecule has 0 unspecified atom stereocenters. The van der Waals surface area contributed by atoms with Crippen molar-refractivity contribution in [2.45, 2.75) is 37.8 Å². The molecular formula is C20H20F2N4O3. The van der Waals surface area contributed by atoms with Crippen LogP contribution in [0.4, 0.5) is 8.78 Å². The van der Waals surface area contributed by atoms with E-state index in [4.69, 9.17) is 15.2 Å². The number of fused-ring (bicyclic) bond motifs is 1. The maximum atomic E-state index is 14.3. The Morgan fingerprint density at radius 2 is 2.17 bits per heavy atom. The van der Waals surface area contributed by atoms with Gasteiger partial charge in [-0.1, -0.05) is 18.2 Å². The van der Waals surface area contributed by atoms with Crippen molar-refractivity contribution in [2.75, 3.05) is 7.11 Å². The van der Waals surface area contributed by atoms with Crippen LogP contribution < -0.4 is 10.5 Å². The number of carbonyl (C=O) groups excluding carboxylic acids is 1. The number of benzene rings is 1. The zero-order valence-corrected chi connectivity index (χ0v) is 15.9. The molecule has 1 fully saturated rings. The highest BCUT2D eigenvalue weighted by Gasteiger charge is 2.63. The predicted octanol–water partition coefficient (Wildman–Crippen LogP) is 2.41. The van der Waals surface area contributed by atoms with E-state index >= 15 is 0 Å². The number of nitrogens with two attached hydrogens (primary N) is 1. The summed E-state index contributed by atoms with van der Waals surface area (Å²) in [5, 5.41) is 0. The number of Topliss-reactive ketones (excluding diaryl/α,β-unsaturated/α-hetero) is 1. The summed E-state index contributed by atoms with van der Waals surface area (Å²) >= 11 is 0. The Morgan fingerprint density at radius 1 is 1.38 bits per heavy atom. The van der Waals surface area contributed by atoms with Crippen molar-refractivity contribution in [3.8, 4) is 5.88 Å². The molecule has 4 rings (SSSR count). The maximum absolute atomic E-state index is 14.3. The van der Waals surface area contributed by atoms with Gasteiger partial charge in [0.1, 0.15) is 11.8 Å². The summed E-state index contributed by atoms with van der Waals surface area (Å²) in [7, 11) is 1.45. The quantitative estimate of drug-likeness (QED) is 0.745. The standard InChI is InChI=1S/C20H20F2N4O3/c1-10-3-4-11(6-15(27)14-8-25-17(28-2)9-24-14)5-12(10)20(18(21)22)13-7-16(13)29-19(23)26-20/h3-5,8-9,13,16,18H,6-7H2,1-2H3,(H2,23,26)/t13-,16+,20+/m0/s1. The van der Waals surface area contributed by atoms with Gasteiger partial charge in [0.05, 0.1) is 19.5 Å². The van der Waals surface area contributed by atoms with Gasteiger partial charge in [-0.05, 0) is 30.0 Å². The van der Waals surface area contributed by atoms with Gasteiger partial charge in [0, 0.05) is 12.3 Å². The lowest BCUT2D eigenvalue weighted by Gasteiger charge is -2.34. The Bertz CT molecular complexity index is 980. The zero-order chi connectivity index (χ0) is 20.8. The third-order valence-corrected chi connectivity index (χ3v) is 5.42. The summed E-state index contributed by atoms with van der Waals surface area (Å²) < 4.78 is 38.9. The molecule has 7 nitrogen and oxygen atoms in total. The first kappa shape index (κ1) is 19.2. The van der Waals surface area contributed by atoms with Gasteiger partial charge in [0.25, 0.3) is 12.4 Å². The van der Waals surface area contributed by atoms with Crippen molar-refractivity contribution in [3.05, 3.63) is 53.0 Å². The minimum absolute atomic E-state index is 0.00258. The normalized spacial score (nSPS) is 25.1. The highest BCUT2D eigenvalue weighted by atomic mass is 19.3. The Morgan fingerprint density at radius 3 is 2.83 bits per heavy atom. The van der Waals surface area contributed by atoms with E-state index in [1.807, 2.05) is 0 Å². The summed E-state index contributed by atoms with van der Waals surface area (Å²) in [6, 6.07) is 4.86. The van der Waals surface area contributed by atoms with E-state index in [2.05, 4.69) is 15.0 Å². The molecule has 1 aromatic carbocycles. The topological polar surface area (TPSA) is 99.7 Å². The molecule has 1 aliphatic carbocycles. The van der Waals surface area contributed by atoms with E-state index in [-0.39, 0.29) is 30.0 Å². The van der Waals surface area contributed by atoms with Gasteiger partial charge < -0.3 is 15.2 Å². The number of carbonyl (C=O) groups is 1. The number of hydrogen-bond acceptors (Lipinski definition) is 7. The number of halogens is 2. The monoisotopic (exact) mass is 402 g/mol. The Kier molecular flexibility index (Phi) is 4.68. The number of rotatable bonds is 6. The molecule has 1 aromatic heterocycles. The number of ketones is 1. The molecule has 2 N–H and O–H groups in total. The second kappa shape index (κ2) is 7.06. The number of hydrogen-bond donors (Lipinski definition) is 1. The zero-order valence-electron chi connectivity index (χ0n) is 15.9. The number of ether oxygens (including phenoxy) is 2. The van der Waals surface area contributed by atoms with Gasteiger partial charge in [-0.15, -0.1) is 0 Å². The first-order valence-corrected chi connectivity index (χ1v) is 9.14. The summed E-state index contributed by atoms with van der Waals surface area (Å²) in [6.07, 6.45) is 0.0511. The second-order valence-corrected chi connectivity index (χ2v) is 7.27. The van der Waals surface area contributed by atoms with E-state index < -0.39 is 17.9 Å². The molecular weight excluding hydrogens is 382 g/mol. The molecule has 0 saturated heterocycles. The van der Waals surface area contributed by atoms with Crippen LogP contribution in [-0.4, -0.2) is 41.4 Å². The molecule has 0 spiro atoms. The highest BCUT2D eigenvalue weighted by Crippen LogP contribution is 2.56. The first-order valence-electron chi connectivity index (χ1n) is 9.14. The van der Waals surface area contributed by atoms with Crippen LogP contribution in [0.2, 0.25) is 0 Å². The van der Waals surface area contributed by atoms with Gasteiger partial charge >= 0.3 is 0 Å². The molecule has 2 aromatic rings. The Balaban J connectivity index is 1.67. The maximum Gasteiger partial charge on any atom is 0.283 e. The molecule has 9 heteroatoms. The van der Waals surface area contributed by atoms with Gasteiger partial charge in [-0.2, -0.15) is 0 Å². The van der Waals surface area contributed by atoms with Crippen molar-refractivity contribution in [3.63, 3.8) is 0 Å². The number of amidine groups is 1. The van der Waals surface area contributed by atoms with E-state index in [0.29, 0.717) is 29.0 Å². The highest BCUT2D eigenvalue weighted by molar-refractivity contribution is 5.95. The lowest BCUT2D eigenvalue weighted by molar-refractivity contribution is 0.0192. The van der Waals surface area contributed by atoms with Crippen molar-refractivity contribution >= 4 is 11.8 Å². The predicted molar refractivity (Wildman–Crippen MR) is 100 cm³/mol. The Labute approximate surface area is 166 Å². The summed E-state index contributed by atoms with van der Waals surface area (Å²) in [6.45, 7) is 1.75. The van der Waals surface area contributed by atoms with Gasteiger partial charge in [0.15, 0.2) is 11.3 Å². The average Bonchev–Trinajstić information content (AvgIpc) is 3.48. The number of methoxy groups -OCH3 is 1. The van der Waals surface area contributed by atoms with Crippen LogP contribution in [0.5, 0.6) is 5.88 Å². The van der Waals surface area contributed by atoms with E-state index in [0.717, 1.165) is 0 Å². The summed E-state index contributed by atoms with van der Waals surface area (Å²) in [5.41, 5.74) is 5.73. The van der Waals surface area contributed by atoms with E-state index in [1.165, 1.54) is 19.5 Å². The molecule has 1 saturated carbocycles. The smallest absolute Gasteiger partial charge is 0.283 e. The van der Waals surface area contributed by atoms with Crippen molar-refractivity contribution < 1.29 is 23.0 Å². The molecule has 0 bridgehead atoms. The Hall–Kier alpha value is -3.10. The lowest BCUT2D eigenvalue weighted by Crippen LogP contribution is -2.43. The fraction of sp³-hybridized carbons (Fsp3) is 0.400. The van der Waals surface area contributed by atoms with Crippen LogP contribution in [0.1, 0.15) is 33.6 Å². The summed E-state index contributed by atoms with van der Waals surface area (Å²) in [4.78, 5) is 24.6. The fourth-order valence-corrected chi connectivity index (χ4v) is 3.85. The van der Waals surface area contributed by atoms with Crippen molar-refractivity contribution in [1.29, 1.82) is 0 Å². The van der Waals surface area contributed by atoms with E-state index in [9.17, 15) is 13.6 Å². The van der Waals surface area contributed by atoms with Gasteiger partial charge in [-0.3, -0.25) is 4.79 Å². The molecule has 1 aliphatic heterocycles. The number of nitrogens with zero attached hydrogens (tertiary/aromatic N) is 3. The van der Waals surface area contributed by atoms with E-state index in [1.54, 1.807) is 25.1 Å². The number of aliphatic imine (C=N–C) groups is 1. The van der Waals surface area contributed by atoms with Crippen LogP contribution in [-0.2, 0) is 16.7 Å². The number of aromatic nitrogens is 2. The summed E-state index contributed by atoms with van der Waals surface area (Å²) in [5.74, 6) is -0.417. The molecule has 29 heavy (non-hydrogen) atoms. The third kappa shape index (κ3) is 3.30. The van der Waals surface area contributed by atoms with Gasteiger partial charge in [-0.25, -0.2) is 23.7 Å². The second-order valence-electron chi connectivity index (χ2n) is 7.27. The van der Waals surface area contributed by atoms with Crippen LogP contribution in [0.25, 0.3) is 0 Å². The van der Waals surface area contributed by atoms with Crippen LogP contribution in [0.3, 0.4) is 0 Å². The molecule has 152 valence electrons. The first-order chi connectivity index (χ1) is 13.8. The van der Waals surface area contributed by atoms with Crippen molar-refractivity contribution in [1.82, 2.24) is 9.97 Å². The largest absolute Gasteiger partial charge is 0.480 e. The van der Waals surface area contributed by atoms with Gasteiger partial charge in [0.2, 0.25) is 5.88 Å². The average molecular weight is 402 g/mol.